The summed E-state index contributed by atoms with van der Waals surface area (Å²) in [5.74, 6) is -1.43. The summed E-state index contributed by atoms with van der Waals surface area (Å²) in [6.07, 6.45) is 0. The van der Waals surface area contributed by atoms with Gasteiger partial charge in [-0.2, -0.15) is 4.68 Å². The van der Waals surface area contributed by atoms with Crippen molar-refractivity contribution in [3.63, 3.8) is 0 Å². The van der Waals surface area contributed by atoms with Crippen molar-refractivity contribution >= 4 is 5.69 Å². The van der Waals surface area contributed by atoms with Crippen molar-refractivity contribution in [2.75, 3.05) is 5.73 Å². The molecule has 3 rings (SSSR count). The van der Waals surface area contributed by atoms with E-state index < -0.39 is 11.6 Å². The molecule has 0 aliphatic carbocycles. The van der Waals surface area contributed by atoms with Gasteiger partial charge in [0, 0.05) is 6.07 Å². The quantitative estimate of drug-likeness (QED) is 0.735. The van der Waals surface area contributed by atoms with E-state index in [1.807, 2.05) is 19.1 Å². The number of aryl methyl sites for hydroxylation is 1. The Bertz CT molecular complexity index is 796. The lowest BCUT2D eigenvalue weighted by Gasteiger charge is -2.07. The summed E-state index contributed by atoms with van der Waals surface area (Å²) in [6.45, 7) is 1.95. The van der Waals surface area contributed by atoms with E-state index in [4.69, 9.17) is 5.73 Å². The minimum Gasteiger partial charge on any atom is -0.396 e. The minimum absolute atomic E-state index is 0.0412. The van der Waals surface area contributed by atoms with Crippen molar-refractivity contribution in [1.29, 1.82) is 0 Å². The first-order valence-corrected chi connectivity index (χ1v) is 6.16. The van der Waals surface area contributed by atoms with Gasteiger partial charge in [0.15, 0.2) is 5.82 Å². The van der Waals surface area contributed by atoms with Crippen LogP contribution in [0.5, 0.6) is 0 Å². The molecule has 2 aromatic carbocycles. The molecule has 0 fully saturated rings. The molecule has 0 bridgehead atoms. The smallest absolute Gasteiger partial charge is 0.190 e. The number of benzene rings is 2. The Morgan fingerprint density at radius 3 is 2.48 bits per heavy atom. The molecule has 7 heteroatoms. The second-order valence-corrected chi connectivity index (χ2v) is 4.60. The summed E-state index contributed by atoms with van der Waals surface area (Å²) in [4.78, 5) is 0. The molecule has 5 nitrogen and oxygen atoms in total. The molecule has 21 heavy (non-hydrogen) atoms. The standard InChI is InChI=1S/C14H11F2N5/c1-8-2-4-9(5-3-8)21-14(18-19-20-21)10-6-13(17)12(16)7-11(10)15/h2-7H,17H2,1H3. The van der Waals surface area contributed by atoms with Gasteiger partial charge >= 0.3 is 0 Å². The predicted molar refractivity (Wildman–Crippen MR) is 73.7 cm³/mol. The number of hydrogen-bond donors (Lipinski definition) is 1. The van der Waals surface area contributed by atoms with Gasteiger partial charge < -0.3 is 5.73 Å². The van der Waals surface area contributed by atoms with E-state index >= 15 is 0 Å². The molecule has 106 valence electrons. The molecule has 0 unspecified atom stereocenters. The Morgan fingerprint density at radius 1 is 1.05 bits per heavy atom. The van der Waals surface area contributed by atoms with Gasteiger partial charge in [-0.1, -0.05) is 17.7 Å². The number of aromatic nitrogens is 4. The zero-order valence-electron chi connectivity index (χ0n) is 11.1. The number of tetrazole rings is 1. The lowest BCUT2D eigenvalue weighted by atomic mass is 10.1. The fourth-order valence-electron chi connectivity index (χ4n) is 1.95. The van der Waals surface area contributed by atoms with Crippen LogP contribution >= 0.6 is 0 Å². The van der Waals surface area contributed by atoms with Crippen LogP contribution in [-0.4, -0.2) is 20.2 Å². The van der Waals surface area contributed by atoms with Crippen LogP contribution in [-0.2, 0) is 0 Å². The van der Waals surface area contributed by atoms with Gasteiger partial charge in [0.1, 0.15) is 11.6 Å². The summed E-state index contributed by atoms with van der Waals surface area (Å²) >= 11 is 0. The van der Waals surface area contributed by atoms with Gasteiger partial charge in [-0.05, 0) is 35.5 Å². The van der Waals surface area contributed by atoms with Crippen LogP contribution in [0.15, 0.2) is 36.4 Å². The monoisotopic (exact) mass is 287 g/mol. The Morgan fingerprint density at radius 2 is 1.76 bits per heavy atom. The van der Waals surface area contributed by atoms with Crippen molar-refractivity contribution in [3.8, 4) is 17.1 Å². The van der Waals surface area contributed by atoms with Crippen LogP contribution in [0.25, 0.3) is 17.1 Å². The molecule has 3 aromatic rings. The molecule has 0 saturated heterocycles. The van der Waals surface area contributed by atoms with Gasteiger partial charge in [0.25, 0.3) is 0 Å². The zero-order valence-corrected chi connectivity index (χ0v) is 11.1. The molecule has 0 amide bonds. The Labute approximate surface area is 119 Å². The summed E-state index contributed by atoms with van der Waals surface area (Å²) in [5, 5.41) is 11.2. The van der Waals surface area contributed by atoms with E-state index in [-0.39, 0.29) is 17.1 Å². The number of nitrogens with zero attached hydrogens (tertiary/aromatic N) is 4. The molecule has 0 atom stereocenters. The first kappa shape index (κ1) is 13.2. The maximum absolute atomic E-state index is 13.9. The maximum Gasteiger partial charge on any atom is 0.190 e. The Kier molecular flexibility index (Phi) is 3.09. The summed E-state index contributed by atoms with van der Waals surface area (Å²) in [6, 6.07) is 9.28. The van der Waals surface area contributed by atoms with Crippen LogP contribution in [0.3, 0.4) is 0 Å². The third-order valence-corrected chi connectivity index (χ3v) is 3.08. The topological polar surface area (TPSA) is 69.6 Å². The number of anilines is 1. The summed E-state index contributed by atoms with van der Waals surface area (Å²) in [7, 11) is 0. The van der Waals surface area contributed by atoms with E-state index in [2.05, 4.69) is 15.5 Å². The van der Waals surface area contributed by atoms with Gasteiger partial charge in [-0.15, -0.1) is 5.10 Å². The maximum atomic E-state index is 13.9. The number of halogens is 2. The van der Waals surface area contributed by atoms with Gasteiger partial charge in [-0.25, -0.2) is 8.78 Å². The molecule has 0 aliphatic rings. The fraction of sp³-hybridized carbons (Fsp3) is 0.0714. The van der Waals surface area contributed by atoms with Gasteiger partial charge in [0.05, 0.1) is 16.9 Å². The van der Waals surface area contributed by atoms with Crippen molar-refractivity contribution in [3.05, 3.63) is 53.6 Å². The van der Waals surface area contributed by atoms with Gasteiger partial charge in [0.2, 0.25) is 0 Å². The number of nitrogen functional groups attached to an aromatic ring is 1. The van der Waals surface area contributed by atoms with Crippen molar-refractivity contribution in [2.45, 2.75) is 6.92 Å². The molecular weight excluding hydrogens is 276 g/mol. The van der Waals surface area contributed by atoms with Crippen molar-refractivity contribution in [1.82, 2.24) is 20.2 Å². The molecule has 0 radical (unpaired) electrons. The van der Waals surface area contributed by atoms with Crippen LogP contribution in [0.2, 0.25) is 0 Å². The second-order valence-electron chi connectivity index (χ2n) is 4.60. The molecule has 0 aliphatic heterocycles. The van der Waals surface area contributed by atoms with Crippen LogP contribution in [0.1, 0.15) is 5.56 Å². The van der Waals surface area contributed by atoms with Crippen LogP contribution < -0.4 is 5.73 Å². The third kappa shape index (κ3) is 2.33. The van der Waals surface area contributed by atoms with Crippen molar-refractivity contribution in [2.24, 2.45) is 0 Å². The van der Waals surface area contributed by atoms with Gasteiger partial charge in [-0.3, -0.25) is 0 Å². The van der Waals surface area contributed by atoms with E-state index in [0.29, 0.717) is 5.69 Å². The molecule has 0 saturated carbocycles. The van der Waals surface area contributed by atoms with E-state index in [1.54, 1.807) is 12.1 Å². The lowest BCUT2D eigenvalue weighted by molar-refractivity contribution is 0.587. The highest BCUT2D eigenvalue weighted by atomic mass is 19.1. The highest BCUT2D eigenvalue weighted by molar-refractivity contribution is 5.63. The third-order valence-electron chi connectivity index (χ3n) is 3.08. The normalized spacial score (nSPS) is 10.8. The average Bonchev–Trinajstić information content (AvgIpc) is 2.93. The van der Waals surface area contributed by atoms with Crippen LogP contribution in [0, 0.1) is 18.6 Å². The highest BCUT2D eigenvalue weighted by Gasteiger charge is 2.17. The Hall–Kier alpha value is -2.83. The van der Waals surface area contributed by atoms with Crippen LogP contribution in [0.4, 0.5) is 14.5 Å². The lowest BCUT2D eigenvalue weighted by Crippen LogP contribution is -2.02. The second kappa shape index (κ2) is 4.93. The Balaban J connectivity index is 2.15. The first-order chi connectivity index (χ1) is 10.1. The van der Waals surface area contributed by atoms with E-state index in [0.717, 1.165) is 11.6 Å². The molecular formula is C14H11F2N5. The minimum atomic E-state index is -0.814. The number of rotatable bonds is 2. The first-order valence-electron chi connectivity index (χ1n) is 6.16. The van der Waals surface area contributed by atoms with E-state index in [1.165, 1.54) is 10.7 Å². The highest BCUT2D eigenvalue weighted by Crippen LogP contribution is 2.26. The SMILES string of the molecule is Cc1ccc(-n2nnnc2-c2cc(N)c(F)cc2F)cc1. The molecule has 1 heterocycles. The molecule has 1 aromatic heterocycles. The average molecular weight is 287 g/mol. The summed E-state index contributed by atoms with van der Waals surface area (Å²) in [5.41, 5.74) is 7.11. The largest absolute Gasteiger partial charge is 0.396 e. The molecule has 2 N–H and O–H groups in total. The fourth-order valence-corrected chi connectivity index (χ4v) is 1.95. The summed E-state index contributed by atoms with van der Waals surface area (Å²) < 4.78 is 28.6. The van der Waals surface area contributed by atoms with E-state index in [9.17, 15) is 8.78 Å². The number of hydrogen-bond acceptors (Lipinski definition) is 4. The van der Waals surface area contributed by atoms with Crippen molar-refractivity contribution < 1.29 is 8.78 Å². The molecule has 0 spiro atoms. The zero-order chi connectivity index (χ0) is 15.0. The number of nitrogens with two attached hydrogens (primary N) is 1. The predicted octanol–water partition coefficient (Wildman–Crippen LogP) is 2.50.